The molecule has 1 aromatic rings. The summed E-state index contributed by atoms with van der Waals surface area (Å²) in [6.07, 6.45) is 8.91. The van der Waals surface area contributed by atoms with E-state index >= 15 is 0 Å². The van der Waals surface area contributed by atoms with Gasteiger partial charge in [-0.05, 0) is 24.8 Å². The smallest absolute Gasteiger partial charge is 0.253 e. The highest BCUT2D eigenvalue weighted by molar-refractivity contribution is 5.94. The maximum atomic E-state index is 12.3. The van der Waals surface area contributed by atoms with Crippen molar-refractivity contribution in [3.05, 3.63) is 29.6 Å². The van der Waals surface area contributed by atoms with Gasteiger partial charge in [0.15, 0.2) is 0 Å². The molecule has 2 atom stereocenters. The van der Waals surface area contributed by atoms with Crippen molar-refractivity contribution in [1.29, 1.82) is 0 Å². The van der Waals surface area contributed by atoms with Crippen molar-refractivity contribution in [2.45, 2.75) is 45.1 Å². The van der Waals surface area contributed by atoms with E-state index in [1.54, 1.807) is 18.5 Å². The molecular formula is C17H22N2O2. The molecular weight excluding hydrogens is 264 g/mol. The number of aliphatic hydroxyl groups is 1. The van der Waals surface area contributed by atoms with Gasteiger partial charge in [-0.2, -0.15) is 0 Å². The third-order valence-corrected chi connectivity index (χ3v) is 4.01. The van der Waals surface area contributed by atoms with E-state index in [1.165, 1.54) is 19.3 Å². The van der Waals surface area contributed by atoms with Gasteiger partial charge in [0.05, 0.1) is 5.56 Å². The lowest BCUT2D eigenvalue weighted by molar-refractivity contribution is 0.0918. The maximum absolute atomic E-state index is 12.3. The molecule has 0 radical (unpaired) electrons. The number of carbonyl (C=O) groups excluding carboxylic acids is 1. The van der Waals surface area contributed by atoms with E-state index in [9.17, 15) is 4.79 Å². The summed E-state index contributed by atoms with van der Waals surface area (Å²) in [4.78, 5) is 16.3. The summed E-state index contributed by atoms with van der Waals surface area (Å²) in [5.41, 5.74) is 1.17. The molecule has 1 fully saturated rings. The molecule has 21 heavy (non-hydrogen) atoms. The molecule has 0 bridgehead atoms. The quantitative estimate of drug-likeness (QED) is 0.837. The number of hydrogen-bond acceptors (Lipinski definition) is 3. The van der Waals surface area contributed by atoms with Crippen molar-refractivity contribution in [1.82, 2.24) is 10.3 Å². The molecule has 0 saturated heterocycles. The van der Waals surface area contributed by atoms with Gasteiger partial charge < -0.3 is 10.4 Å². The highest BCUT2D eigenvalue weighted by atomic mass is 16.2. The number of aromatic nitrogens is 1. The molecule has 1 aliphatic rings. The maximum Gasteiger partial charge on any atom is 0.253 e. The molecule has 0 aliphatic heterocycles. The normalized spacial score (nSPS) is 21.2. The van der Waals surface area contributed by atoms with Gasteiger partial charge >= 0.3 is 0 Å². The van der Waals surface area contributed by atoms with Crippen molar-refractivity contribution < 1.29 is 9.90 Å². The first kappa shape index (κ1) is 15.5. The Morgan fingerprint density at radius 1 is 1.48 bits per heavy atom. The predicted octanol–water partition coefficient (Wildman–Crippen LogP) is 2.12. The largest absolute Gasteiger partial charge is 0.384 e. The lowest BCUT2D eigenvalue weighted by Crippen LogP contribution is -2.38. The Hall–Kier alpha value is -1.86. The van der Waals surface area contributed by atoms with E-state index in [0.717, 1.165) is 18.8 Å². The summed E-state index contributed by atoms with van der Waals surface area (Å²) in [7, 11) is 0. The zero-order valence-corrected chi connectivity index (χ0v) is 12.4. The van der Waals surface area contributed by atoms with Crippen LogP contribution < -0.4 is 5.32 Å². The zero-order chi connectivity index (χ0) is 15.1. The Labute approximate surface area is 126 Å². The highest BCUT2D eigenvalue weighted by Gasteiger charge is 2.22. The number of aliphatic hydroxyl groups excluding tert-OH is 1. The summed E-state index contributed by atoms with van der Waals surface area (Å²) in [5.74, 6) is 5.97. The summed E-state index contributed by atoms with van der Waals surface area (Å²) >= 11 is 0. The molecule has 2 unspecified atom stereocenters. The molecule has 0 aromatic carbocycles. The third kappa shape index (κ3) is 4.57. The van der Waals surface area contributed by atoms with Gasteiger partial charge in [-0.3, -0.25) is 9.78 Å². The molecule has 2 rings (SSSR count). The molecule has 1 aromatic heterocycles. The van der Waals surface area contributed by atoms with Gasteiger partial charge in [0.1, 0.15) is 6.61 Å². The van der Waals surface area contributed by atoms with Crippen LogP contribution in [0.1, 0.15) is 54.9 Å². The fourth-order valence-electron chi connectivity index (χ4n) is 2.84. The number of nitrogens with zero attached hydrogens (tertiary/aromatic N) is 1. The first-order valence-corrected chi connectivity index (χ1v) is 7.58. The van der Waals surface area contributed by atoms with Crippen LogP contribution in [0.3, 0.4) is 0 Å². The number of nitrogens with one attached hydrogen (secondary N) is 1. The second kappa shape index (κ2) is 7.80. The van der Waals surface area contributed by atoms with E-state index < -0.39 is 0 Å². The van der Waals surface area contributed by atoms with Crippen molar-refractivity contribution in [2.24, 2.45) is 5.92 Å². The Bertz CT molecular complexity index is 545. The molecule has 1 aliphatic carbocycles. The fraction of sp³-hybridized carbons (Fsp3) is 0.529. The van der Waals surface area contributed by atoms with Crippen molar-refractivity contribution >= 4 is 5.91 Å². The van der Waals surface area contributed by atoms with Crippen LogP contribution in [0.15, 0.2) is 18.5 Å². The number of hydrogen-bond donors (Lipinski definition) is 2. The van der Waals surface area contributed by atoms with E-state index in [1.807, 2.05) is 0 Å². The van der Waals surface area contributed by atoms with Crippen LogP contribution in [-0.2, 0) is 0 Å². The van der Waals surface area contributed by atoms with Crippen molar-refractivity contribution in [3.8, 4) is 11.8 Å². The van der Waals surface area contributed by atoms with Gasteiger partial charge in [0.2, 0.25) is 0 Å². The minimum absolute atomic E-state index is 0.0862. The minimum atomic E-state index is -0.198. The van der Waals surface area contributed by atoms with Gasteiger partial charge in [0, 0.05) is 24.0 Å². The minimum Gasteiger partial charge on any atom is -0.384 e. The second-order valence-corrected chi connectivity index (χ2v) is 5.53. The predicted molar refractivity (Wildman–Crippen MR) is 81.7 cm³/mol. The van der Waals surface area contributed by atoms with E-state index in [4.69, 9.17) is 5.11 Å². The molecule has 1 saturated carbocycles. The lowest BCUT2D eigenvalue weighted by atomic mass is 9.84. The van der Waals surface area contributed by atoms with Crippen LogP contribution in [0.4, 0.5) is 0 Å². The van der Waals surface area contributed by atoms with Crippen LogP contribution in [-0.4, -0.2) is 28.6 Å². The van der Waals surface area contributed by atoms with Crippen molar-refractivity contribution in [3.63, 3.8) is 0 Å². The highest BCUT2D eigenvalue weighted by Crippen LogP contribution is 2.26. The van der Waals surface area contributed by atoms with Crippen LogP contribution in [0.25, 0.3) is 0 Å². The van der Waals surface area contributed by atoms with Crippen molar-refractivity contribution in [2.75, 3.05) is 6.61 Å². The molecule has 1 amide bonds. The monoisotopic (exact) mass is 286 g/mol. The first-order chi connectivity index (χ1) is 10.2. The first-order valence-electron chi connectivity index (χ1n) is 7.58. The van der Waals surface area contributed by atoms with E-state index in [0.29, 0.717) is 11.1 Å². The molecule has 4 nitrogen and oxygen atoms in total. The summed E-state index contributed by atoms with van der Waals surface area (Å²) in [5, 5.41) is 11.8. The number of rotatable bonds is 3. The fourth-order valence-corrected chi connectivity index (χ4v) is 2.84. The Morgan fingerprint density at radius 3 is 3.10 bits per heavy atom. The number of amides is 1. The zero-order valence-electron chi connectivity index (χ0n) is 12.4. The standard InChI is InChI=1S/C17H22N2O2/c1-2-13-5-3-7-16(10-13)19-17(21)15-9-14(6-4-8-20)11-18-12-15/h9,11-13,16,20H,2-3,5,7-8,10H2,1H3,(H,19,21). The lowest BCUT2D eigenvalue weighted by Gasteiger charge is -2.29. The second-order valence-electron chi connectivity index (χ2n) is 5.53. The SMILES string of the molecule is CCC1CCCC(NC(=O)c2cncc(C#CCO)c2)C1. The molecule has 1 heterocycles. The van der Waals surface area contributed by atoms with E-state index in [2.05, 4.69) is 29.1 Å². The van der Waals surface area contributed by atoms with Crippen LogP contribution >= 0.6 is 0 Å². The average Bonchev–Trinajstić information content (AvgIpc) is 2.53. The Kier molecular flexibility index (Phi) is 5.77. The summed E-state index contributed by atoms with van der Waals surface area (Å²) < 4.78 is 0. The number of carbonyl (C=O) groups is 1. The number of pyridine rings is 1. The van der Waals surface area contributed by atoms with Gasteiger partial charge in [0.25, 0.3) is 5.91 Å². The van der Waals surface area contributed by atoms with Crippen LogP contribution in [0.2, 0.25) is 0 Å². The summed E-state index contributed by atoms with van der Waals surface area (Å²) in [6.45, 7) is 2.01. The molecule has 0 spiro atoms. The van der Waals surface area contributed by atoms with Gasteiger partial charge in [-0.1, -0.05) is 38.0 Å². The Morgan fingerprint density at radius 2 is 2.33 bits per heavy atom. The van der Waals surface area contributed by atoms with Crippen LogP contribution in [0.5, 0.6) is 0 Å². The topological polar surface area (TPSA) is 62.2 Å². The average molecular weight is 286 g/mol. The molecule has 112 valence electrons. The van der Waals surface area contributed by atoms with Crippen LogP contribution in [0, 0.1) is 17.8 Å². The van der Waals surface area contributed by atoms with Gasteiger partial charge in [-0.25, -0.2) is 0 Å². The van der Waals surface area contributed by atoms with E-state index in [-0.39, 0.29) is 18.6 Å². The van der Waals surface area contributed by atoms with Gasteiger partial charge in [-0.15, -0.1) is 0 Å². The third-order valence-electron chi connectivity index (χ3n) is 4.01. The Balaban J connectivity index is 1.99. The summed E-state index contributed by atoms with van der Waals surface area (Å²) in [6, 6.07) is 1.98. The molecule has 4 heteroatoms. The molecule has 2 N–H and O–H groups in total.